The maximum Gasteiger partial charge on any atom is 0.338 e. The van der Waals surface area contributed by atoms with Gasteiger partial charge in [0.05, 0.1) is 63.4 Å². The smallest absolute Gasteiger partial charge is 0.338 e. The van der Waals surface area contributed by atoms with Crippen molar-refractivity contribution in [3.63, 3.8) is 0 Å². The third kappa shape index (κ3) is 15.7. The number of aryl methyl sites for hydroxylation is 2. The Kier molecular flexibility index (Phi) is 19.3. The molecule has 98 heavy (non-hydrogen) atoms. The van der Waals surface area contributed by atoms with Gasteiger partial charge in [0.1, 0.15) is 31.0 Å². The third-order valence-electron chi connectivity index (χ3n) is 14.1. The summed E-state index contributed by atoms with van der Waals surface area (Å²) in [7, 11) is -25.3. The molecule has 1 aliphatic heterocycles. The molecule has 10 rings (SSSR count). The van der Waals surface area contributed by atoms with E-state index in [0.717, 1.165) is 82.2 Å². The van der Waals surface area contributed by atoms with E-state index in [1.54, 1.807) is 4.90 Å². The number of aromatic carboxylic acids is 2. The van der Waals surface area contributed by atoms with Crippen molar-refractivity contribution in [2.24, 2.45) is 30.4 Å². The van der Waals surface area contributed by atoms with E-state index >= 15 is 0 Å². The van der Waals surface area contributed by atoms with Gasteiger partial charge in [-0.2, -0.15) is 66.6 Å². The molecule has 0 bridgehead atoms. The van der Waals surface area contributed by atoms with E-state index in [2.05, 4.69) is 55.6 Å². The minimum absolute atomic E-state index is 0.0324. The summed E-state index contributed by atoms with van der Waals surface area (Å²) in [5.74, 6) is -4.26. The molecule has 9 aromatic rings. The second kappa shape index (κ2) is 27.2. The van der Waals surface area contributed by atoms with Crippen LogP contribution >= 0.6 is 0 Å². The Morgan fingerprint density at radius 2 is 1.04 bits per heavy atom. The van der Waals surface area contributed by atoms with Crippen LogP contribution in [0.25, 0.3) is 35.7 Å². The van der Waals surface area contributed by atoms with Crippen molar-refractivity contribution in [3.8, 4) is 23.1 Å². The summed E-state index contributed by atoms with van der Waals surface area (Å²) >= 11 is 0. The normalized spacial score (nSPS) is 14.1. The first-order chi connectivity index (χ1) is 46.0. The Hall–Kier alpha value is -11.1. The average molecular weight is 1440 g/mol. The minimum atomic E-state index is -5.19. The molecular formula is C57H48N14O22S5. The number of aromatic amines is 2. The Labute approximate surface area is 552 Å². The molecule has 1 saturated heterocycles. The first-order valence-electron chi connectivity index (χ1n) is 27.6. The van der Waals surface area contributed by atoms with Crippen LogP contribution < -0.4 is 16.1 Å². The lowest BCUT2D eigenvalue weighted by Gasteiger charge is -2.26. The fourth-order valence-electron chi connectivity index (χ4n) is 9.47. The van der Waals surface area contributed by atoms with E-state index in [1.807, 2.05) is 0 Å². The summed E-state index contributed by atoms with van der Waals surface area (Å²) < 4.78 is 185. The largest absolute Gasteiger partial charge is 0.492 e. The van der Waals surface area contributed by atoms with Gasteiger partial charge in [-0.1, -0.05) is 54.6 Å². The number of aromatic nitrogens is 7. The number of aromatic hydroxyl groups is 2. The maximum absolute atomic E-state index is 13.1. The summed E-state index contributed by atoms with van der Waals surface area (Å²) in [6, 6.07) is 21.4. The average Bonchev–Trinajstić information content (AvgIpc) is 1.66. The molecule has 36 nitrogen and oxygen atoms in total. The number of hydrogen-bond acceptors (Lipinski definition) is 25. The van der Waals surface area contributed by atoms with Gasteiger partial charge in [-0.05, 0) is 121 Å². The Bertz CT molecular complexity index is 5680. The van der Waals surface area contributed by atoms with Crippen molar-refractivity contribution in [3.05, 3.63) is 171 Å². The fraction of sp³-hybridized carbons (Fsp3) is 0.105. The zero-order chi connectivity index (χ0) is 71.0. The number of H-pyrrole nitrogens is 2. The first-order valence-corrected chi connectivity index (χ1v) is 34.8. The quantitative estimate of drug-likeness (QED) is 0.0203. The van der Waals surface area contributed by atoms with Crippen LogP contribution in [0, 0.1) is 13.8 Å². The summed E-state index contributed by atoms with van der Waals surface area (Å²) in [5, 5.41) is 65.5. The van der Waals surface area contributed by atoms with E-state index in [-0.39, 0.29) is 117 Å². The van der Waals surface area contributed by atoms with E-state index < -0.39 is 116 Å². The highest BCUT2D eigenvalue weighted by Gasteiger charge is 2.26. The standard InChI is InChI=1S/C57H48N14O22S5/c1-30-49(66-64-43-19-17-39(94(78,79)80)29-41(43)54(76)77)51(72)70(67-30)37-16-20-45(95(81,82)83)35(26-37)11-10-34-12-14-36(27-46(34)96(84,85)86)58-55-60-56(62-57(61-55)69-21-23-93-24-22-69)59-44-18-8-32(25-48(44)98(90,91)92)7-9-33-13-15-38(28-47(33)97(87,88)89)71-52(73)50(31(2)68-71)65-63-42-6-4-3-5-40(42)53(74)75/h3-20,25-29,72-73H,21-24H2,1-2H3,(H,74,75)(H,76,77)(H,78,79,80)(H,81,82,83)(H,84,85,86)(H,87,88,89)(H,90,91,92)(H2,58,59,60,61,62)/b9-7+,11-10+,65-63?,66-64?. The lowest BCUT2D eigenvalue weighted by molar-refractivity contribution is 0.0686. The molecule has 0 amide bonds. The molecule has 0 radical (unpaired) electrons. The number of ether oxygens (including phenoxy) is 1. The molecule has 0 spiro atoms. The number of carbonyl (C=O) groups is 2. The number of nitrogens with zero attached hydrogens (tertiary/aromatic N) is 12. The topological polar surface area (TPSA) is 554 Å². The first kappa shape index (κ1) is 69.7. The van der Waals surface area contributed by atoms with Crippen molar-refractivity contribution < 1.29 is 99.6 Å². The maximum atomic E-state index is 13.1. The minimum Gasteiger partial charge on any atom is -0.492 e. The molecule has 11 N–H and O–H groups in total. The second-order valence-electron chi connectivity index (χ2n) is 20.7. The highest BCUT2D eigenvalue weighted by atomic mass is 32.2. The molecule has 0 aliphatic carbocycles. The zero-order valence-electron chi connectivity index (χ0n) is 49.8. The molecule has 1 fully saturated rings. The Morgan fingerprint density at radius 3 is 1.63 bits per heavy atom. The van der Waals surface area contributed by atoms with Gasteiger partial charge in [-0.3, -0.25) is 32.7 Å². The van der Waals surface area contributed by atoms with Crippen LogP contribution in [0.15, 0.2) is 170 Å². The number of carboxylic acids is 2. The molecular weight excluding hydrogens is 1390 g/mol. The number of anilines is 1. The third-order valence-corrected chi connectivity index (χ3v) is 18.6. The number of azo groups is 2. The fourth-order valence-corrected chi connectivity index (χ4v) is 12.7. The van der Waals surface area contributed by atoms with Gasteiger partial charge < -0.3 is 30.1 Å². The van der Waals surface area contributed by atoms with E-state index in [1.165, 1.54) is 74.5 Å². The van der Waals surface area contributed by atoms with Crippen LogP contribution in [-0.2, 0) is 55.3 Å². The number of hydrogen-bond donors (Lipinski definition) is 11. The summed E-state index contributed by atoms with van der Waals surface area (Å²) in [6.07, 6.45) is 4.48. The number of nitrogens with one attached hydrogen (secondary N) is 2. The van der Waals surface area contributed by atoms with Gasteiger partial charge >= 0.3 is 11.9 Å². The SMILES string of the molecule is Cc1nn(-c2ccc(/C=C/c3ccc(N=c4[nH]c(N5CCOCC5)nc(=Nc5ccc(/C=C/c6cc(-n7nc(C)c(N=Nc8ccc(S(=O)(=O)O)cc8C(=O)O)c7O)ccc6S(=O)(=O)O)c(S(=O)(=O)O)c5)[nH]4)c(S(=O)(=O)O)c3)c(S(=O)(=O)O)c2)c(O)c1N=Nc1ccccc1C(=O)O. The number of carboxylic acid groups (broad SMARTS) is 2. The van der Waals surface area contributed by atoms with Crippen LogP contribution in [0.4, 0.5) is 40.1 Å². The van der Waals surface area contributed by atoms with E-state index in [0.29, 0.717) is 6.07 Å². The molecule has 4 heterocycles. The molecule has 508 valence electrons. The van der Waals surface area contributed by atoms with Crippen molar-refractivity contribution in [2.45, 2.75) is 38.3 Å². The predicted octanol–water partition coefficient (Wildman–Crippen LogP) is 7.24. The molecule has 3 aromatic heterocycles. The van der Waals surface area contributed by atoms with Gasteiger partial charge in [0.25, 0.3) is 50.6 Å². The van der Waals surface area contributed by atoms with E-state index in [9.17, 15) is 94.9 Å². The summed E-state index contributed by atoms with van der Waals surface area (Å²) in [4.78, 5) is 40.5. The van der Waals surface area contributed by atoms with Gasteiger partial charge in [-0.15, -0.1) is 20.5 Å². The number of rotatable bonds is 20. The number of benzene rings is 6. The second-order valence-corrected chi connectivity index (χ2v) is 27.6. The highest BCUT2D eigenvalue weighted by Crippen LogP contribution is 2.38. The lowest BCUT2D eigenvalue weighted by Crippen LogP contribution is -2.40. The predicted molar refractivity (Wildman–Crippen MR) is 341 cm³/mol. The van der Waals surface area contributed by atoms with Gasteiger partial charge in [0, 0.05) is 13.1 Å². The summed E-state index contributed by atoms with van der Waals surface area (Å²) in [6.45, 7) is 3.74. The van der Waals surface area contributed by atoms with Crippen molar-refractivity contribution >= 4 is 127 Å². The van der Waals surface area contributed by atoms with Crippen LogP contribution in [0.2, 0.25) is 0 Å². The highest BCUT2D eigenvalue weighted by molar-refractivity contribution is 7.87. The van der Waals surface area contributed by atoms with Crippen LogP contribution in [0.5, 0.6) is 11.8 Å². The molecule has 1 aliphatic rings. The van der Waals surface area contributed by atoms with Crippen LogP contribution in [-0.4, -0.2) is 158 Å². The van der Waals surface area contributed by atoms with Crippen molar-refractivity contribution in [2.75, 3.05) is 31.2 Å². The van der Waals surface area contributed by atoms with Gasteiger partial charge in [-0.25, -0.2) is 19.6 Å². The molecule has 0 saturated carbocycles. The monoisotopic (exact) mass is 1440 g/mol. The molecule has 41 heteroatoms. The van der Waals surface area contributed by atoms with E-state index in [4.69, 9.17) is 4.74 Å². The van der Waals surface area contributed by atoms with Gasteiger partial charge in [0.2, 0.25) is 28.9 Å². The Balaban J connectivity index is 0.968. The lowest BCUT2D eigenvalue weighted by atomic mass is 10.1. The molecule has 6 aromatic carbocycles. The van der Waals surface area contributed by atoms with Crippen molar-refractivity contribution in [1.82, 2.24) is 34.5 Å². The van der Waals surface area contributed by atoms with Crippen molar-refractivity contribution in [1.29, 1.82) is 0 Å². The molecule has 0 atom stereocenters. The zero-order valence-corrected chi connectivity index (χ0v) is 53.9. The number of morpholine rings is 1. The van der Waals surface area contributed by atoms with Crippen LogP contribution in [0.3, 0.4) is 0 Å². The summed E-state index contributed by atoms with van der Waals surface area (Å²) in [5.41, 5.74) is -4.00. The molecule has 0 unspecified atom stereocenters. The van der Waals surface area contributed by atoms with Gasteiger partial charge in [0.15, 0.2) is 11.4 Å². The Morgan fingerprint density at radius 1 is 0.510 bits per heavy atom. The van der Waals surface area contributed by atoms with Crippen LogP contribution in [0.1, 0.15) is 54.4 Å².